The third kappa shape index (κ3) is 4.25. The monoisotopic (exact) mass is 491 g/mol. The van der Waals surface area contributed by atoms with Crippen molar-refractivity contribution >= 4 is 49.1 Å². The van der Waals surface area contributed by atoms with E-state index in [1.54, 1.807) is 13.2 Å². The fourth-order valence-corrected chi connectivity index (χ4v) is 6.61. The van der Waals surface area contributed by atoms with Crippen LogP contribution in [0.3, 0.4) is 0 Å². The molecule has 1 unspecified atom stereocenters. The minimum Gasteiger partial charge on any atom is -0.497 e. The molecule has 168 valence electrons. The predicted octanol–water partition coefficient (Wildman–Crippen LogP) is 3.83. The standard InChI is InChI=1S/C22H22ClN3O4S2/c1-3-12-25-18-11-8-16(30-2)14-20(18)31-22(25)24-21(27)19-5-4-13-26(19)32(28,29)17-9-6-15(23)7-10-17/h3,6-11,14,19H,1,4-5,12-13H2,2H3. The Balaban J connectivity index is 1.72. The van der Waals surface area contributed by atoms with Crippen LogP contribution in [0.4, 0.5) is 0 Å². The van der Waals surface area contributed by atoms with E-state index < -0.39 is 22.0 Å². The Morgan fingerprint density at radius 2 is 2.06 bits per heavy atom. The van der Waals surface area contributed by atoms with Gasteiger partial charge >= 0.3 is 0 Å². The van der Waals surface area contributed by atoms with Crippen molar-refractivity contribution in [1.29, 1.82) is 0 Å². The fraction of sp³-hybridized carbons (Fsp3) is 0.273. The second kappa shape index (κ2) is 9.19. The number of carbonyl (C=O) groups excluding carboxylic acids is 1. The molecule has 0 spiro atoms. The molecular weight excluding hydrogens is 470 g/mol. The van der Waals surface area contributed by atoms with Crippen molar-refractivity contribution in [3.05, 3.63) is 64.9 Å². The van der Waals surface area contributed by atoms with Gasteiger partial charge in [0.05, 0.1) is 22.2 Å². The quantitative estimate of drug-likeness (QED) is 0.491. The van der Waals surface area contributed by atoms with E-state index in [-0.39, 0.29) is 11.4 Å². The highest BCUT2D eigenvalue weighted by Crippen LogP contribution is 2.28. The Morgan fingerprint density at radius 3 is 2.75 bits per heavy atom. The Hall–Kier alpha value is -2.46. The number of methoxy groups -OCH3 is 1. The summed E-state index contributed by atoms with van der Waals surface area (Å²) in [7, 11) is -2.24. The Morgan fingerprint density at radius 1 is 1.31 bits per heavy atom. The lowest BCUT2D eigenvalue weighted by atomic mass is 10.2. The number of fused-ring (bicyclic) bond motifs is 1. The summed E-state index contributed by atoms with van der Waals surface area (Å²) >= 11 is 7.24. The molecule has 1 fully saturated rings. The molecule has 1 saturated heterocycles. The molecule has 7 nitrogen and oxygen atoms in total. The first-order valence-corrected chi connectivity index (χ1v) is 12.6. The van der Waals surface area contributed by atoms with E-state index in [1.807, 2.05) is 22.8 Å². The van der Waals surface area contributed by atoms with Gasteiger partial charge in [0.25, 0.3) is 5.91 Å². The fourth-order valence-electron chi connectivity index (χ4n) is 3.76. The molecule has 1 amide bonds. The lowest BCUT2D eigenvalue weighted by Gasteiger charge is -2.21. The highest BCUT2D eigenvalue weighted by atomic mass is 35.5. The molecule has 2 aromatic carbocycles. The summed E-state index contributed by atoms with van der Waals surface area (Å²) in [6.45, 7) is 4.53. The van der Waals surface area contributed by atoms with Gasteiger partial charge in [-0.2, -0.15) is 9.30 Å². The van der Waals surface area contributed by atoms with Crippen molar-refractivity contribution in [3.63, 3.8) is 0 Å². The number of hydrogen-bond acceptors (Lipinski definition) is 5. The molecule has 0 N–H and O–H groups in total. The number of nitrogens with zero attached hydrogens (tertiary/aromatic N) is 3. The average Bonchev–Trinajstić information content (AvgIpc) is 3.40. The van der Waals surface area contributed by atoms with Gasteiger partial charge in [-0.3, -0.25) is 4.79 Å². The number of ether oxygens (including phenoxy) is 1. The molecule has 2 heterocycles. The van der Waals surface area contributed by atoms with E-state index in [9.17, 15) is 13.2 Å². The van der Waals surface area contributed by atoms with Crippen LogP contribution in [0.25, 0.3) is 10.2 Å². The van der Waals surface area contributed by atoms with Crippen LogP contribution < -0.4 is 9.54 Å². The first-order chi connectivity index (χ1) is 15.3. The van der Waals surface area contributed by atoms with Crippen LogP contribution in [0.2, 0.25) is 5.02 Å². The van der Waals surface area contributed by atoms with Crippen LogP contribution in [-0.4, -0.2) is 42.9 Å². The van der Waals surface area contributed by atoms with E-state index >= 15 is 0 Å². The maximum Gasteiger partial charge on any atom is 0.266 e. The summed E-state index contributed by atoms with van der Waals surface area (Å²) in [6.07, 6.45) is 2.75. The minimum atomic E-state index is -3.84. The molecule has 3 aromatic rings. The number of rotatable bonds is 6. The van der Waals surface area contributed by atoms with Gasteiger partial charge in [-0.15, -0.1) is 6.58 Å². The van der Waals surface area contributed by atoms with Gasteiger partial charge < -0.3 is 9.30 Å². The second-order valence-corrected chi connectivity index (χ2v) is 10.6. The van der Waals surface area contributed by atoms with E-state index in [0.29, 0.717) is 35.0 Å². The Bertz CT molecular complexity index is 1340. The third-order valence-corrected chi connectivity index (χ3v) is 8.53. The third-order valence-electron chi connectivity index (χ3n) is 5.32. The van der Waals surface area contributed by atoms with Gasteiger partial charge in [0.15, 0.2) is 4.80 Å². The number of aromatic nitrogens is 1. The molecule has 32 heavy (non-hydrogen) atoms. The number of benzene rings is 2. The first-order valence-electron chi connectivity index (χ1n) is 9.99. The topological polar surface area (TPSA) is 81.0 Å². The van der Waals surface area contributed by atoms with Crippen LogP contribution in [-0.2, 0) is 21.4 Å². The number of thiazole rings is 1. The number of hydrogen-bond donors (Lipinski definition) is 0. The highest BCUT2D eigenvalue weighted by Gasteiger charge is 2.39. The van der Waals surface area contributed by atoms with Crippen molar-refractivity contribution in [3.8, 4) is 5.75 Å². The molecule has 10 heteroatoms. The molecule has 0 saturated carbocycles. The molecule has 4 rings (SSSR count). The van der Waals surface area contributed by atoms with Gasteiger partial charge in [-0.1, -0.05) is 29.0 Å². The number of amides is 1. The summed E-state index contributed by atoms with van der Waals surface area (Å²) in [4.78, 5) is 18.1. The first kappa shape index (κ1) is 22.7. The number of halogens is 1. The van der Waals surface area contributed by atoms with Crippen molar-refractivity contribution in [2.75, 3.05) is 13.7 Å². The zero-order valence-electron chi connectivity index (χ0n) is 17.4. The molecule has 1 aliphatic rings. The molecule has 1 atom stereocenters. The number of allylic oxidation sites excluding steroid dienone is 1. The van der Waals surface area contributed by atoms with Gasteiger partial charge in [-0.25, -0.2) is 8.42 Å². The SMILES string of the molecule is C=CCn1c(=NC(=O)C2CCCN2S(=O)(=O)c2ccc(Cl)cc2)sc2cc(OC)ccc21. The normalized spacial score (nSPS) is 17.7. The van der Waals surface area contributed by atoms with E-state index in [0.717, 1.165) is 10.2 Å². The van der Waals surface area contributed by atoms with Crippen LogP contribution in [0.5, 0.6) is 5.75 Å². The lowest BCUT2D eigenvalue weighted by molar-refractivity contribution is -0.121. The van der Waals surface area contributed by atoms with Gasteiger partial charge in [0.2, 0.25) is 10.0 Å². The van der Waals surface area contributed by atoms with Gasteiger partial charge in [0, 0.05) is 18.1 Å². The van der Waals surface area contributed by atoms with E-state index in [4.69, 9.17) is 16.3 Å². The number of carbonyl (C=O) groups is 1. The predicted molar refractivity (Wildman–Crippen MR) is 125 cm³/mol. The Kier molecular flexibility index (Phi) is 6.52. The largest absolute Gasteiger partial charge is 0.497 e. The van der Waals surface area contributed by atoms with Crippen molar-refractivity contribution < 1.29 is 17.9 Å². The minimum absolute atomic E-state index is 0.109. The maximum atomic E-state index is 13.2. The number of sulfonamides is 1. The molecular formula is C22H22ClN3O4S2. The maximum absolute atomic E-state index is 13.2. The smallest absolute Gasteiger partial charge is 0.266 e. The summed E-state index contributed by atoms with van der Waals surface area (Å²) in [5.41, 5.74) is 0.902. The van der Waals surface area contributed by atoms with Crippen LogP contribution in [0.15, 0.2) is 65.0 Å². The van der Waals surface area contributed by atoms with Gasteiger partial charge in [-0.05, 0) is 55.3 Å². The van der Waals surface area contributed by atoms with Crippen LogP contribution in [0, 0.1) is 0 Å². The zero-order valence-corrected chi connectivity index (χ0v) is 19.8. The molecule has 0 radical (unpaired) electrons. The van der Waals surface area contributed by atoms with E-state index in [2.05, 4.69) is 11.6 Å². The summed E-state index contributed by atoms with van der Waals surface area (Å²) in [5.74, 6) is 0.231. The molecule has 0 aliphatic carbocycles. The Labute approximate surface area is 195 Å². The van der Waals surface area contributed by atoms with Crippen molar-refractivity contribution in [1.82, 2.24) is 8.87 Å². The summed E-state index contributed by atoms with van der Waals surface area (Å²) in [5, 5.41) is 0.446. The molecule has 1 aliphatic heterocycles. The average molecular weight is 492 g/mol. The molecule has 0 bridgehead atoms. The van der Waals surface area contributed by atoms with Crippen LogP contribution >= 0.6 is 22.9 Å². The van der Waals surface area contributed by atoms with Gasteiger partial charge in [0.1, 0.15) is 11.8 Å². The lowest BCUT2D eigenvalue weighted by Crippen LogP contribution is -2.40. The van der Waals surface area contributed by atoms with Crippen molar-refractivity contribution in [2.45, 2.75) is 30.3 Å². The van der Waals surface area contributed by atoms with E-state index in [1.165, 1.54) is 39.9 Å². The zero-order chi connectivity index (χ0) is 22.9. The van der Waals surface area contributed by atoms with Crippen LogP contribution in [0.1, 0.15) is 12.8 Å². The summed E-state index contributed by atoms with van der Waals surface area (Å²) < 4.78 is 35.6. The summed E-state index contributed by atoms with van der Waals surface area (Å²) in [6, 6.07) is 10.7. The molecule has 1 aromatic heterocycles. The highest BCUT2D eigenvalue weighted by molar-refractivity contribution is 7.89. The van der Waals surface area contributed by atoms with Crippen molar-refractivity contribution in [2.24, 2.45) is 4.99 Å². The second-order valence-electron chi connectivity index (χ2n) is 7.30.